The third-order valence-electron chi connectivity index (χ3n) is 3.25. The van der Waals surface area contributed by atoms with Crippen LogP contribution in [0.5, 0.6) is 0 Å². The van der Waals surface area contributed by atoms with Gasteiger partial charge in [-0.25, -0.2) is 0 Å². The fourth-order valence-electron chi connectivity index (χ4n) is 2.14. The van der Waals surface area contributed by atoms with Crippen molar-refractivity contribution in [3.05, 3.63) is 51.7 Å². The van der Waals surface area contributed by atoms with Gasteiger partial charge in [-0.15, -0.1) is 0 Å². The molecule has 1 aliphatic rings. The molecule has 0 atom stereocenters. The lowest BCUT2D eigenvalue weighted by molar-refractivity contribution is -0.123. The van der Waals surface area contributed by atoms with E-state index in [-0.39, 0.29) is 10.7 Å². The highest BCUT2D eigenvalue weighted by molar-refractivity contribution is 9.10. The minimum Gasteiger partial charge on any atom is -0.457 e. The second-order valence-electron chi connectivity index (χ2n) is 4.98. The van der Waals surface area contributed by atoms with E-state index < -0.39 is 11.8 Å². The highest BCUT2D eigenvalue weighted by atomic mass is 79.9. The third kappa shape index (κ3) is 3.25. The molecule has 0 unspecified atom stereocenters. The number of furan rings is 1. The Bertz CT molecular complexity index is 848. The molecule has 23 heavy (non-hydrogen) atoms. The Kier molecular flexibility index (Phi) is 4.14. The van der Waals surface area contributed by atoms with Crippen LogP contribution in [0.25, 0.3) is 17.4 Å². The smallest absolute Gasteiger partial charge is 0.263 e. The molecule has 7 heteroatoms. The first kappa shape index (κ1) is 15.6. The van der Waals surface area contributed by atoms with Crippen molar-refractivity contribution in [2.45, 2.75) is 6.92 Å². The summed E-state index contributed by atoms with van der Waals surface area (Å²) in [6.07, 6.45) is 1.39. The Morgan fingerprint density at radius 2 is 1.83 bits per heavy atom. The number of thiocarbonyl (C=S) groups is 1. The minimum absolute atomic E-state index is 0.000805. The average Bonchev–Trinajstić information content (AvgIpc) is 2.91. The summed E-state index contributed by atoms with van der Waals surface area (Å²) < 4.78 is 6.62. The van der Waals surface area contributed by atoms with Crippen LogP contribution < -0.4 is 10.6 Å². The number of nitrogens with one attached hydrogen (secondary N) is 2. The fourth-order valence-corrected chi connectivity index (χ4v) is 3.02. The van der Waals surface area contributed by atoms with Crippen molar-refractivity contribution < 1.29 is 14.0 Å². The van der Waals surface area contributed by atoms with Gasteiger partial charge in [0, 0.05) is 10.0 Å². The molecular formula is C16H11BrN2O3S. The first-order valence-electron chi connectivity index (χ1n) is 6.69. The molecule has 0 aliphatic carbocycles. The van der Waals surface area contributed by atoms with E-state index in [1.54, 1.807) is 12.1 Å². The third-order valence-corrected chi connectivity index (χ3v) is 4.11. The molecule has 0 saturated carbocycles. The summed E-state index contributed by atoms with van der Waals surface area (Å²) in [5, 5.41) is 4.75. The number of carbonyl (C=O) groups is 2. The maximum atomic E-state index is 11.8. The highest BCUT2D eigenvalue weighted by Gasteiger charge is 2.26. The minimum atomic E-state index is -0.548. The fraction of sp³-hybridized carbons (Fsp3) is 0.0625. The number of hydrogen-bond acceptors (Lipinski definition) is 4. The quantitative estimate of drug-likeness (QED) is 0.469. The van der Waals surface area contributed by atoms with Gasteiger partial charge in [0.1, 0.15) is 17.1 Å². The largest absolute Gasteiger partial charge is 0.457 e. The van der Waals surface area contributed by atoms with Crippen molar-refractivity contribution in [1.82, 2.24) is 10.6 Å². The summed E-state index contributed by atoms with van der Waals surface area (Å²) in [4.78, 5) is 23.6. The van der Waals surface area contributed by atoms with Crippen LogP contribution in [-0.2, 0) is 9.59 Å². The first-order chi connectivity index (χ1) is 10.9. The van der Waals surface area contributed by atoms with Crippen LogP contribution in [0.3, 0.4) is 0 Å². The van der Waals surface area contributed by atoms with E-state index in [2.05, 4.69) is 26.6 Å². The van der Waals surface area contributed by atoms with Crippen LogP contribution >= 0.6 is 28.1 Å². The molecule has 3 rings (SSSR count). The van der Waals surface area contributed by atoms with Gasteiger partial charge in [-0.1, -0.05) is 22.0 Å². The monoisotopic (exact) mass is 390 g/mol. The molecular weight excluding hydrogens is 380 g/mol. The number of rotatable bonds is 2. The molecule has 1 saturated heterocycles. The molecule has 0 radical (unpaired) electrons. The Balaban J connectivity index is 1.93. The maximum absolute atomic E-state index is 11.8. The van der Waals surface area contributed by atoms with E-state index in [1.165, 1.54) is 6.08 Å². The van der Waals surface area contributed by atoms with E-state index in [4.69, 9.17) is 16.6 Å². The molecule has 2 heterocycles. The Morgan fingerprint density at radius 3 is 2.48 bits per heavy atom. The van der Waals surface area contributed by atoms with Gasteiger partial charge in [0.15, 0.2) is 5.11 Å². The summed E-state index contributed by atoms with van der Waals surface area (Å²) in [5.41, 5.74) is 1.96. The number of hydrogen-bond donors (Lipinski definition) is 2. The van der Waals surface area contributed by atoms with Gasteiger partial charge >= 0.3 is 0 Å². The van der Waals surface area contributed by atoms with E-state index in [1.807, 2.05) is 25.1 Å². The van der Waals surface area contributed by atoms with Crippen molar-refractivity contribution in [2.24, 2.45) is 0 Å². The number of amides is 2. The van der Waals surface area contributed by atoms with Crippen LogP contribution in [-0.4, -0.2) is 16.9 Å². The van der Waals surface area contributed by atoms with Crippen LogP contribution in [0, 0.1) is 6.92 Å². The molecule has 1 aliphatic heterocycles. The predicted molar refractivity (Wildman–Crippen MR) is 93.4 cm³/mol. The van der Waals surface area contributed by atoms with E-state index in [0.717, 1.165) is 15.6 Å². The summed E-state index contributed by atoms with van der Waals surface area (Å²) in [7, 11) is 0. The highest BCUT2D eigenvalue weighted by Crippen LogP contribution is 2.31. The zero-order valence-corrected chi connectivity index (χ0v) is 14.4. The SMILES string of the molecule is Cc1ccc(-c2ccc(C=C3C(=O)NC(=S)NC3=O)o2)c(Br)c1. The van der Waals surface area contributed by atoms with Gasteiger partial charge in [-0.2, -0.15) is 0 Å². The van der Waals surface area contributed by atoms with Crippen molar-refractivity contribution >= 4 is 51.2 Å². The van der Waals surface area contributed by atoms with Gasteiger partial charge in [0.2, 0.25) is 0 Å². The van der Waals surface area contributed by atoms with E-state index >= 15 is 0 Å². The number of carbonyl (C=O) groups excluding carboxylic acids is 2. The molecule has 116 valence electrons. The predicted octanol–water partition coefficient (Wildman–Crippen LogP) is 2.93. The van der Waals surface area contributed by atoms with Crippen molar-refractivity contribution in [3.63, 3.8) is 0 Å². The standard InChI is InChI=1S/C16H11BrN2O3S/c1-8-2-4-10(12(17)6-8)13-5-3-9(22-13)7-11-14(20)18-16(23)19-15(11)21/h2-7H,1H3,(H2,18,19,20,21,23). The van der Waals surface area contributed by atoms with Gasteiger partial charge in [0.25, 0.3) is 11.8 Å². The van der Waals surface area contributed by atoms with Gasteiger partial charge in [0.05, 0.1) is 0 Å². The molecule has 1 aromatic carbocycles. The van der Waals surface area contributed by atoms with Crippen molar-refractivity contribution in [1.29, 1.82) is 0 Å². The zero-order chi connectivity index (χ0) is 16.6. The first-order valence-corrected chi connectivity index (χ1v) is 7.89. The normalized spacial score (nSPS) is 14.5. The van der Waals surface area contributed by atoms with Crippen molar-refractivity contribution in [2.75, 3.05) is 0 Å². The Hall–Kier alpha value is -2.25. The van der Waals surface area contributed by atoms with Crippen LogP contribution in [0.2, 0.25) is 0 Å². The lowest BCUT2D eigenvalue weighted by atomic mass is 10.1. The van der Waals surface area contributed by atoms with Crippen LogP contribution in [0.15, 0.2) is 44.8 Å². The van der Waals surface area contributed by atoms with E-state index in [0.29, 0.717) is 11.5 Å². The zero-order valence-electron chi connectivity index (χ0n) is 12.0. The number of benzene rings is 1. The maximum Gasteiger partial charge on any atom is 0.263 e. The second kappa shape index (κ2) is 6.10. The van der Waals surface area contributed by atoms with Gasteiger partial charge < -0.3 is 4.42 Å². The molecule has 2 amide bonds. The van der Waals surface area contributed by atoms with Gasteiger partial charge in [-0.05, 0) is 55.0 Å². The lowest BCUT2D eigenvalue weighted by Crippen LogP contribution is -2.51. The molecule has 0 spiro atoms. The van der Waals surface area contributed by atoms with Crippen LogP contribution in [0.1, 0.15) is 11.3 Å². The second-order valence-corrected chi connectivity index (χ2v) is 6.24. The molecule has 5 nitrogen and oxygen atoms in total. The Labute approximate surface area is 145 Å². The Morgan fingerprint density at radius 1 is 1.13 bits per heavy atom. The number of aryl methyl sites for hydroxylation is 1. The van der Waals surface area contributed by atoms with Gasteiger partial charge in [-0.3, -0.25) is 20.2 Å². The molecule has 0 bridgehead atoms. The molecule has 2 aromatic rings. The van der Waals surface area contributed by atoms with E-state index in [9.17, 15) is 9.59 Å². The molecule has 1 aromatic heterocycles. The van der Waals surface area contributed by atoms with Crippen LogP contribution in [0.4, 0.5) is 0 Å². The number of halogens is 1. The molecule has 2 N–H and O–H groups in total. The average molecular weight is 391 g/mol. The van der Waals surface area contributed by atoms with Crippen molar-refractivity contribution in [3.8, 4) is 11.3 Å². The summed E-state index contributed by atoms with van der Waals surface area (Å²) in [5.74, 6) is -0.0575. The summed E-state index contributed by atoms with van der Waals surface area (Å²) in [6.45, 7) is 2.00. The lowest BCUT2D eigenvalue weighted by Gasteiger charge is -2.15. The summed E-state index contributed by atoms with van der Waals surface area (Å²) in [6, 6.07) is 9.38. The topological polar surface area (TPSA) is 71.3 Å². The summed E-state index contributed by atoms with van der Waals surface area (Å²) >= 11 is 8.25. The molecule has 1 fully saturated rings.